The maximum atomic E-state index is 11.8. The van der Waals surface area contributed by atoms with E-state index >= 15 is 0 Å². The van der Waals surface area contributed by atoms with Crippen LogP contribution in [0.2, 0.25) is 0 Å². The third-order valence-corrected chi connectivity index (χ3v) is 3.02. The van der Waals surface area contributed by atoms with Gasteiger partial charge in [-0.3, -0.25) is 9.78 Å². The number of hydrogen-bond donors (Lipinski definition) is 1. The van der Waals surface area contributed by atoms with Crippen molar-refractivity contribution in [3.8, 4) is 5.75 Å². The van der Waals surface area contributed by atoms with E-state index < -0.39 is 0 Å². The van der Waals surface area contributed by atoms with Gasteiger partial charge >= 0.3 is 0 Å². The van der Waals surface area contributed by atoms with Crippen LogP contribution in [0.25, 0.3) is 0 Å². The van der Waals surface area contributed by atoms with Crippen molar-refractivity contribution in [1.82, 2.24) is 15.2 Å². The molecule has 1 fully saturated rings. The first kappa shape index (κ1) is 14.7. The van der Waals surface area contributed by atoms with Crippen molar-refractivity contribution >= 4 is 5.91 Å². The lowest BCUT2D eigenvalue weighted by atomic mass is 10.2. The maximum Gasteiger partial charge on any atom is 0.272 e. The Kier molecular flexibility index (Phi) is 4.92. The minimum absolute atomic E-state index is 0.0277. The molecule has 2 rings (SSSR count). The number of carbonyl (C=O) groups excluding carboxylic acids is 1. The molecular formula is C14H21N3O3. The molecule has 1 saturated heterocycles. The molecule has 1 N–H and O–H groups in total. The van der Waals surface area contributed by atoms with E-state index in [9.17, 15) is 4.79 Å². The van der Waals surface area contributed by atoms with Gasteiger partial charge in [0.1, 0.15) is 24.2 Å². The van der Waals surface area contributed by atoms with E-state index in [0.717, 1.165) is 13.1 Å². The first-order valence-electron chi connectivity index (χ1n) is 6.73. The predicted molar refractivity (Wildman–Crippen MR) is 75.0 cm³/mol. The van der Waals surface area contributed by atoms with Crippen LogP contribution in [0.15, 0.2) is 18.3 Å². The van der Waals surface area contributed by atoms with Gasteiger partial charge in [-0.2, -0.15) is 0 Å². The summed E-state index contributed by atoms with van der Waals surface area (Å²) in [6.45, 7) is 4.13. The van der Waals surface area contributed by atoms with Crippen molar-refractivity contribution in [2.24, 2.45) is 0 Å². The summed E-state index contributed by atoms with van der Waals surface area (Å²) in [5.74, 6) is 0.492. The Balaban J connectivity index is 1.93. The molecule has 0 aromatic carbocycles. The minimum atomic E-state index is -0.139. The SMILES string of the molecule is CC1CNCC(COc2ccnc(C(=O)N(C)C)c2)O1. The minimum Gasteiger partial charge on any atom is -0.491 e. The number of hydrogen-bond acceptors (Lipinski definition) is 5. The van der Waals surface area contributed by atoms with Crippen LogP contribution in [0.3, 0.4) is 0 Å². The van der Waals surface area contributed by atoms with E-state index in [1.54, 1.807) is 32.4 Å². The van der Waals surface area contributed by atoms with Crippen LogP contribution in [0.1, 0.15) is 17.4 Å². The van der Waals surface area contributed by atoms with Crippen molar-refractivity contribution < 1.29 is 14.3 Å². The molecule has 0 saturated carbocycles. The summed E-state index contributed by atoms with van der Waals surface area (Å²) < 4.78 is 11.4. The smallest absolute Gasteiger partial charge is 0.272 e. The van der Waals surface area contributed by atoms with E-state index in [1.807, 2.05) is 6.92 Å². The van der Waals surface area contributed by atoms with Crippen LogP contribution in [-0.4, -0.2) is 61.8 Å². The van der Waals surface area contributed by atoms with Gasteiger partial charge in [0, 0.05) is 39.4 Å². The van der Waals surface area contributed by atoms with Gasteiger partial charge in [0.15, 0.2) is 0 Å². The Morgan fingerprint density at radius 2 is 2.35 bits per heavy atom. The highest BCUT2D eigenvalue weighted by molar-refractivity contribution is 5.92. The summed E-state index contributed by atoms with van der Waals surface area (Å²) >= 11 is 0. The van der Waals surface area contributed by atoms with Gasteiger partial charge < -0.3 is 19.7 Å². The number of ether oxygens (including phenoxy) is 2. The van der Waals surface area contributed by atoms with E-state index in [4.69, 9.17) is 9.47 Å². The zero-order valence-electron chi connectivity index (χ0n) is 12.1. The first-order chi connectivity index (χ1) is 9.56. The number of rotatable bonds is 4. The van der Waals surface area contributed by atoms with Crippen LogP contribution in [-0.2, 0) is 4.74 Å². The van der Waals surface area contributed by atoms with E-state index in [0.29, 0.717) is 18.1 Å². The number of pyridine rings is 1. The Labute approximate surface area is 119 Å². The average Bonchev–Trinajstić information content (AvgIpc) is 2.44. The zero-order chi connectivity index (χ0) is 14.5. The maximum absolute atomic E-state index is 11.8. The van der Waals surface area contributed by atoms with Crippen LogP contribution < -0.4 is 10.1 Å². The molecule has 0 radical (unpaired) electrons. The summed E-state index contributed by atoms with van der Waals surface area (Å²) in [5, 5.41) is 3.29. The molecule has 0 aliphatic carbocycles. The van der Waals surface area contributed by atoms with Gasteiger partial charge in [-0.15, -0.1) is 0 Å². The molecule has 1 aromatic heterocycles. The number of morpholine rings is 1. The van der Waals surface area contributed by atoms with Crippen molar-refractivity contribution in [2.45, 2.75) is 19.1 Å². The fourth-order valence-electron chi connectivity index (χ4n) is 2.01. The van der Waals surface area contributed by atoms with E-state index in [1.165, 1.54) is 4.90 Å². The lowest BCUT2D eigenvalue weighted by molar-refractivity contribution is -0.0470. The fraction of sp³-hybridized carbons (Fsp3) is 0.571. The topological polar surface area (TPSA) is 63.7 Å². The first-order valence-corrected chi connectivity index (χ1v) is 6.73. The number of amides is 1. The summed E-state index contributed by atoms with van der Waals surface area (Å²) in [7, 11) is 3.39. The second-order valence-corrected chi connectivity index (χ2v) is 5.11. The van der Waals surface area contributed by atoms with Crippen LogP contribution >= 0.6 is 0 Å². The predicted octanol–water partition coefficient (Wildman–Crippen LogP) is 0.539. The second kappa shape index (κ2) is 6.67. The van der Waals surface area contributed by atoms with Gasteiger partial charge in [-0.25, -0.2) is 0 Å². The van der Waals surface area contributed by atoms with E-state index in [2.05, 4.69) is 10.3 Å². The van der Waals surface area contributed by atoms with Crippen molar-refractivity contribution in [3.05, 3.63) is 24.0 Å². The van der Waals surface area contributed by atoms with Crippen molar-refractivity contribution in [3.63, 3.8) is 0 Å². The molecule has 1 amide bonds. The molecule has 2 heterocycles. The summed E-state index contributed by atoms with van der Waals surface area (Å²) in [6.07, 6.45) is 1.80. The largest absolute Gasteiger partial charge is 0.491 e. The number of carbonyl (C=O) groups is 1. The van der Waals surface area contributed by atoms with E-state index in [-0.39, 0.29) is 18.1 Å². The molecule has 20 heavy (non-hydrogen) atoms. The second-order valence-electron chi connectivity index (χ2n) is 5.11. The molecule has 6 heteroatoms. The third kappa shape index (κ3) is 3.91. The highest BCUT2D eigenvalue weighted by atomic mass is 16.5. The molecule has 0 spiro atoms. The monoisotopic (exact) mass is 279 g/mol. The Hall–Kier alpha value is -1.66. The molecular weight excluding hydrogens is 258 g/mol. The lowest BCUT2D eigenvalue weighted by Gasteiger charge is -2.28. The van der Waals surface area contributed by atoms with Gasteiger partial charge in [-0.05, 0) is 13.0 Å². The molecule has 2 unspecified atom stereocenters. The molecule has 1 aliphatic heterocycles. The highest BCUT2D eigenvalue weighted by Gasteiger charge is 2.19. The van der Waals surface area contributed by atoms with Gasteiger partial charge in [0.25, 0.3) is 5.91 Å². The van der Waals surface area contributed by atoms with Gasteiger partial charge in [-0.1, -0.05) is 0 Å². The average molecular weight is 279 g/mol. The number of aromatic nitrogens is 1. The summed E-state index contributed by atoms with van der Waals surface area (Å²) in [6, 6.07) is 3.40. The third-order valence-electron chi connectivity index (χ3n) is 3.02. The molecule has 2 atom stereocenters. The number of nitrogens with one attached hydrogen (secondary N) is 1. The molecule has 0 bridgehead atoms. The zero-order valence-corrected chi connectivity index (χ0v) is 12.1. The highest BCUT2D eigenvalue weighted by Crippen LogP contribution is 2.13. The Morgan fingerprint density at radius 3 is 3.05 bits per heavy atom. The van der Waals surface area contributed by atoms with Crippen LogP contribution in [0, 0.1) is 0 Å². The van der Waals surface area contributed by atoms with Crippen molar-refractivity contribution in [2.75, 3.05) is 33.8 Å². The standard InChI is InChI=1S/C14H21N3O3/c1-10-7-15-8-12(20-10)9-19-11-4-5-16-13(6-11)14(18)17(2)3/h4-6,10,12,15H,7-9H2,1-3H3. The Morgan fingerprint density at radius 1 is 1.55 bits per heavy atom. The molecule has 6 nitrogen and oxygen atoms in total. The van der Waals surface area contributed by atoms with Gasteiger partial charge in [0.2, 0.25) is 0 Å². The molecule has 110 valence electrons. The quantitative estimate of drug-likeness (QED) is 0.871. The molecule has 1 aliphatic rings. The van der Waals surface area contributed by atoms with Crippen LogP contribution in [0.5, 0.6) is 5.75 Å². The Bertz CT molecular complexity index is 465. The lowest BCUT2D eigenvalue weighted by Crippen LogP contribution is -2.45. The number of nitrogens with zero attached hydrogens (tertiary/aromatic N) is 2. The van der Waals surface area contributed by atoms with Crippen molar-refractivity contribution in [1.29, 1.82) is 0 Å². The van der Waals surface area contributed by atoms with Gasteiger partial charge in [0.05, 0.1) is 6.10 Å². The fourth-order valence-corrected chi connectivity index (χ4v) is 2.01. The van der Waals surface area contributed by atoms with Crippen LogP contribution in [0.4, 0.5) is 0 Å². The molecule has 1 aromatic rings. The normalized spacial score (nSPS) is 22.4. The summed E-state index contributed by atoms with van der Waals surface area (Å²) in [4.78, 5) is 17.4. The summed E-state index contributed by atoms with van der Waals surface area (Å²) in [5.41, 5.74) is 0.378.